The maximum atomic E-state index is 5.71. The van der Waals surface area contributed by atoms with Gasteiger partial charge in [-0.1, -0.05) is 6.92 Å². The van der Waals surface area contributed by atoms with Gasteiger partial charge in [0.15, 0.2) is 5.89 Å². The summed E-state index contributed by atoms with van der Waals surface area (Å²) in [6.45, 7) is 2.85. The second-order valence-corrected chi connectivity index (χ2v) is 5.13. The summed E-state index contributed by atoms with van der Waals surface area (Å²) in [6.07, 6.45) is 3.80. The van der Waals surface area contributed by atoms with Crippen molar-refractivity contribution in [2.24, 2.45) is 5.73 Å². The van der Waals surface area contributed by atoms with Crippen molar-refractivity contribution < 1.29 is 4.42 Å². The number of rotatable bonds is 3. The average molecular weight is 212 g/mol. The van der Waals surface area contributed by atoms with Crippen LogP contribution < -0.4 is 5.73 Å². The van der Waals surface area contributed by atoms with E-state index in [0.29, 0.717) is 6.54 Å². The van der Waals surface area contributed by atoms with E-state index in [-0.39, 0.29) is 5.41 Å². The van der Waals surface area contributed by atoms with Gasteiger partial charge in [-0.25, -0.2) is 4.98 Å². The normalized spacial score (nSPS) is 27.0. The first kappa shape index (κ1) is 10.1. The number of hydrogen-bond acceptors (Lipinski definition) is 4. The van der Waals surface area contributed by atoms with E-state index in [1.807, 2.05) is 18.0 Å². The Kier molecular flexibility index (Phi) is 2.83. The number of oxazole rings is 1. The molecule has 0 spiro atoms. The molecule has 78 valence electrons. The molecular weight excluding hydrogens is 196 g/mol. The van der Waals surface area contributed by atoms with Crippen molar-refractivity contribution in [2.75, 3.05) is 18.1 Å². The van der Waals surface area contributed by atoms with Gasteiger partial charge < -0.3 is 10.2 Å². The molecule has 1 saturated heterocycles. The molecule has 3 nitrogen and oxygen atoms in total. The SMILES string of the molecule is CC1(c2cnc(CCN)o2)CCSC1. The fourth-order valence-electron chi connectivity index (χ4n) is 1.69. The van der Waals surface area contributed by atoms with E-state index in [1.165, 1.54) is 12.2 Å². The minimum Gasteiger partial charge on any atom is -0.445 e. The zero-order valence-electron chi connectivity index (χ0n) is 8.45. The van der Waals surface area contributed by atoms with Gasteiger partial charge in [0.05, 0.1) is 6.20 Å². The highest BCUT2D eigenvalue weighted by atomic mass is 32.2. The predicted molar refractivity (Wildman–Crippen MR) is 58.6 cm³/mol. The molecule has 1 atom stereocenters. The van der Waals surface area contributed by atoms with E-state index < -0.39 is 0 Å². The Balaban J connectivity index is 2.15. The summed E-state index contributed by atoms with van der Waals surface area (Å²) in [5, 5.41) is 0. The van der Waals surface area contributed by atoms with E-state index in [1.54, 1.807) is 0 Å². The highest BCUT2D eigenvalue weighted by Crippen LogP contribution is 2.38. The van der Waals surface area contributed by atoms with Gasteiger partial charge in [0, 0.05) is 24.1 Å². The molecular formula is C10H16N2OS. The second kappa shape index (κ2) is 3.95. The third-order valence-corrected chi connectivity index (χ3v) is 4.06. The molecule has 2 N–H and O–H groups in total. The Bertz CT molecular complexity index is 305. The lowest BCUT2D eigenvalue weighted by molar-refractivity contribution is 0.369. The van der Waals surface area contributed by atoms with Gasteiger partial charge in [-0.2, -0.15) is 11.8 Å². The molecule has 14 heavy (non-hydrogen) atoms. The van der Waals surface area contributed by atoms with Crippen molar-refractivity contribution >= 4 is 11.8 Å². The highest BCUT2D eigenvalue weighted by Gasteiger charge is 2.34. The molecule has 4 heteroatoms. The largest absolute Gasteiger partial charge is 0.445 e. The summed E-state index contributed by atoms with van der Waals surface area (Å²) in [5.41, 5.74) is 5.65. The molecule has 0 bridgehead atoms. The fourth-order valence-corrected chi connectivity index (χ4v) is 3.17. The molecule has 2 rings (SSSR count). The number of hydrogen-bond donors (Lipinski definition) is 1. The first-order valence-electron chi connectivity index (χ1n) is 4.97. The maximum absolute atomic E-state index is 5.71. The summed E-state index contributed by atoms with van der Waals surface area (Å²) in [4.78, 5) is 4.24. The van der Waals surface area contributed by atoms with Crippen molar-refractivity contribution in [1.82, 2.24) is 4.98 Å². The van der Waals surface area contributed by atoms with Gasteiger partial charge in [-0.3, -0.25) is 0 Å². The van der Waals surface area contributed by atoms with Gasteiger partial charge in [0.1, 0.15) is 5.76 Å². The third kappa shape index (κ3) is 1.81. The zero-order chi connectivity index (χ0) is 10.0. The first-order valence-corrected chi connectivity index (χ1v) is 6.13. The van der Waals surface area contributed by atoms with Crippen LogP contribution in [0.5, 0.6) is 0 Å². The molecule has 1 fully saturated rings. The third-order valence-electron chi connectivity index (χ3n) is 2.73. The fraction of sp³-hybridized carbons (Fsp3) is 0.700. The number of nitrogens with two attached hydrogens (primary N) is 1. The molecule has 0 aromatic carbocycles. The summed E-state index contributed by atoms with van der Waals surface area (Å²) in [7, 11) is 0. The Morgan fingerprint density at radius 2 is 2.57 bits per heavy atom. The lowest BCUT2D eigenvalue weighted by atomic mass is 9.88. The van der Waals surface area contributed by atoms with E-state index in [4.69, 9.17) is 10.2 Å². The summed E-state index contributed by atoms with van der Waals surface area (Å²) >= 11 is 1.99. The monoisotopic (exact) mass is 212 g/mol. The van der Waals surface area contributed by atoms with Crippen LogP contribution in [0, 0.1) is 0 Å². The lowest BCUT2D eigenvalue weighted by Gasteiger charge is -2.18. The second-order valence-electron chi connectivity index (χ2n) is 4.02. The van der Waals surface area contributed by atoms with Crippen LogP contribution in [0.1, 0.15) is 25.0 Å². The molecule has 1 aromatic heterocycles. The van der Waals surface area contributed by atoms with Crippen molar-refractivity contribution in [3.05, 3.63) is 17.8 Å². The van der Waals surface area contributed by atoms with Crippen LogP contribution in [-0.4, -0.2) is 23.0 Å². The number of thioether (sulfide) groups is 1. The van der Waals surface area contributed by atoms with Gasteiger partial charge >= 0.3 is 0 Å². The minimum atomic E-state index is 0.199. The topological polar surface area (TPSA) is 52.0 Å². The van der Waals surface area contributed by atoms with Gasteiger partial charge in [0.25, 0.3) is 0 Å². The van der Waals surface area contributed by atoms with E-state index in [2.05, 4.69) is 11.9 Å². The highest BCUT2D eigenvalue weighted by molar-refractivity contribution is 7.99. The van der Waals surface area contributed by atoms with Crippen LogP contribution >= 0.6 is 11.8 Å². The average Bonchev–Trinajstić information content (AvgIpc) is 2.75. The standard InChI is InChI=1S/C10H16N2OS/c1-10(3-5-14-7-10)8-6-12-9(13-8)2-4-11/h6H,2-5,7,11H2,1H3. The molecule has 1 aliphatic heterocycles. The van der Waals surface area contributed by atoms with E-state index >= 15 is 0 Å². The lowest BCUT2D eigenvalue weighted by Crippen LogP contribution is -2.19. The molecule has 0 radical (unpaired) electrons. The van der Waals surface area contributed by atoms with Crippen LogP contribution in [0.3, 0.4) is 0 Å². The van der Waals surface area contributed by atoms with Crippen LogP contribution in [0.2, 0.25) is 0 Å². The Hall–Kier alpha value is -0.480. The van der Waals surface area contributed by atoms with Gasteiger partial charge in [-0.05, 0) is 12.2 Å². The number of aromatic nitrogens is 1. The van der Waals surface area contributed by atoms with Crippen LogP contribution in [0.25, 0.3) is 0 Å². The Morgan fingerprint density at radius 3 is 3.21 bits per heavy atom. The minimum absolute atomic E-state index is 0.199. The molecule has 0 saturated carbocycles. The van der Waals surface area contributed by atoms with Gasteiger partial charge in [-0.15, -0.1) is 0 Å². The van der Waals surface area contributed by atoms with Crippen molar-refractivity contribution in [3.8, 4) is 0 Å². The smallest absolute Gasteiger partial charge is 0.195 e. The van der Waals surface area contributed by atoms with Crippen molar-refractivity contribution in [2.45, 2.75) is 25.2 Å². The Morgan fingerprint density at radius 1 is 1.71 bits per heavy atom. The molecule has 1 aromatic rings. The molecule has 0 aliphatic carbocycles. The van der Waals surface area contributed by atoms with E-state index in [9.17, 15) is 0 Å². The quantitative estimate of drug-likeness (QED) is 0.826. The molecule has 0 amide bonds. The van der Waals surface area contributed by atoms with Crippen LogP contribution in [-0.2, 0) is 11.8 Å². The van der Waals surface area contributed by atoms with E-state index in [0.717, 1.165) is 23.8 Å². The first-order chi connectivity index (χ1) is 6.74. The zero-order valence-corrected chi connectivity index (χ0v) is 9.27. The summed E-state index contributed by atoms with van der Waals surface area (Å²) in [5.74, 6) is 4.18. The van der Waals surface area contributed by atoms with Crippen LogP contribution in [0.4, 0.5) is 0 Å². The summed E-state index contributed by atoms with van der Waals surface area (Å²) < 4.78 is 5.71. The summed E-state index contributed by atoms with van der Waals surface area (Å²) in [6, 6.07) is 0. The van der Waals surface area contributed by atoms with Gasteiger partial charge in [0.2, 0.25) is 0 Å². The molecule has 1 aliphatic rings. The predicted octanol–water partition coefficient (Wildman–Crippen LogP) is 1.57. The van der Waals surface area contributed by atoms with Crippen LogP contribution in [0.15, 0.2) is 10.6 Å². The number of nitrogens with zero attached hydrogens (tertiary/aromatic N) is 1. The molecule has 2 heterocycles. The maximum Gasteiger partial charge on any atom is 0.195 e. The van der Waals surface area contributed by atoms with Crippen molar-refractivity contribution in [3.63, 3.8) is 0 Å². The Labute approximate surface area is 88.5 Å². The molecule has 1 unspecified atom stereocenters. The van der Waals surface area contributed by atoms with Crippen molar-refractivity contribution in [1.29, 1.82) is 0 Å².